The number of nitrogens with one attached hydrogen (secondary N) is 3. The Hall–Kier alpha value is -2.08. The van der Waals surface area contributed by atoms with Crippen LogP contribution in [0.5, 0.6) is 0 Å². The van der Waals surface area contributed by atoms with Gasteiger partial charge in [0.05, 0.1) is 12.1 Å². The van der Waals surface area contributed by atoms with E-state index >= 15 is 0 Å². The monoisotopic (exact) mass is 344 g/mol. The molecule has 1 aliphatic heterocycles. The lowest BCUT2D eigenvalue weighted by atomic mass is 9.90. The molecule has 0 saturated heterocycles. The number of guanidine groups is 1. The van der Waals surface area contributed by atoms with Crippen molar-refractivity contribution in [2.45, 2.75) is 50.5 Å². The number of amides is 1. The number of aliphatic hydroxyl groups is 1. The summed E-state index contributed by atoms with van der Waals surface area (Å²) in [5.41, 5.74) is 1.40. The molecular weight excluding hydrogens is 316 g/mol. The molecule has 0 aromatic heterocycles. The average molecular weight is 344 g/mol. The average Bonchev–Trinajstić information content (AvgIpc) is 3.04. The molecule has 0 spiro atoms. The summed E-state index contributed by atoms with van der Waals surface area (Å²) in [6.07, 6.45) is 4.26. The number of hydrogen-bond donors (Lipinski definition) is 4. The molecule has 0 radical (unpaired) electrons. The van der Waals surface area contributed by atoms with Crippen LogP contribution in [-0.4, -0.2) is 42.2 Å². The van der Waals surface area contributed by atoms with Crippen molar-refractivity contribution in [3.63, 3.8) is 0 Å². The molecule has 1 amide bonds. The van der Waals surface area contributed by atoms with Crippen molar-refractivity contribution in [3.05, 3.63) is 29.8 Å². The Balaban J connectivity index is 1.64. The molecule has 1 aliphatic carbocycles. The third kappa shape index (κ3) is 4.51. The highest BCUT2D eigenvalue weighted by molar-refractivity contribution is 5.94. The number of para-hydroxylation sites is 1. The van der Waals surface area contributed by atoms with E-state index in [2.05, 4.69) is 27.0 Å². The standard InChI is InChI=1S/C19H28N4O2/c1-2-20-18(22-13-19(25)9-5-6-10-19)21-12-14-11-17(24)23-16-8-4-3-7-15(14)16/h3-4,7-8,14,25H,2,5-6,9-13H2,1H3,(H,23,24)(H2,20,21,22). The topological polar surface area (TPSA) is 85.8 Å². The summed E-state index contributed by atoms with van der Waals surface area (Å²) >= 11 is 0. The van der Waals surface area contributed by atoms with Crippen LogP contribution in [-0.2, 0) is 4.79 Å². The summed E-state index contributed by atoms with van der Waals surface area (Å²) in [5, 5.41) is 20.0. The van der Waals surface area contributed by atoms with Gasteiger partial charge in [-0.25, -0.2) is 0 Å². The second kappa shape index (κ2) is 7.87. The van der Waals surface area contributed by atoms with E-state index in [0.29, 0.717) is 25.5 Å². The first-order chi connectivity index (χ1) is 12.1. The van der Waals surface area contributed by atoms with Gasteiger partial charge < -0.3 is 21.1 Å². The molecule has 25 heavy (non-hydrogen) atoms. The SMILES string of the molecule is CCNC(=NCC1(O)CCCC1)NCC1CC(=O)Nc2ccccc21. The van der Waals surface area contributed by atoms with E-state index in [4.69, 9.17) is 0 Å². The van der Waals surface area contributed by atoms with E-state index in [-0.39, 0.29) is 11.8 Å². The van der Waals surface area contributed by atoms with E-state index in [1.54, 1.807) is 0 Å². The number of nitrogens with zero attached hydrogens (tertiary/aromatic N) is 1. The molecule has 6 heteroatoms. The Morgan fingerprint density at radius 1 is 1.32 bits per heavy atom. The van der Waals surface area contributed by atoms with Gasteiger partial charge in [0.2, 0.25) is 5.91 Å². The third-order valence-corrected chi connectivity index (χ3v) is 5.03. The fourth-order valence-corrected chi connectivity index (χ4v) is 3.66. The summed E-state index contributed by atoms with van der Waals surface area (Å²) in [7, 11) is 0. The first-order valence-electron chi connectivity index (χ1n) is 9.23. The minimum absolute atomic E-state index is 0.0488. The molecule has 2 aliphatic rings. The largest absolute Gasteiger partial charge is 0.388 e. The molecule has 3 rings (SSSR count). The zero-order valence-corrected chi connectivity index (χ0v) is 14.8. The van der Waals surface area contributed by atoms with E-state index in [9.17, 15) is 9.90 Å². The van der Waals surface area contributed by atoms with Crippen LogP contribution in [0.2, 0.25) is 0 Å². The molecule has 6 nitrogen and oxygen atoms in total. The number of carbonyl (C=O) groups is 1. The van der Waals surface area contributed by atoms with Crippen LogP contribution in [0.1, 0.15) is 50.5 Å². The number of aliphatic imine (C=N–C) groups is 1. The third-order valence-electron chi connectivity index (χ3n) is 5.03. The lowest BCUT2D eigenvalue weighted by Crippen LogP contribution is -2.42. The van der Waals surface area contributed by atoms with Crippen molar-refractivity contribution in [2.24, 2.45) is 4.99 Å². The zero-order valence-electron chi connectivity index (χ0n) is 14.8. The number of anilines is 1. The highest BCUT2D eigenvalue weighted by Gasteiger charge is 2.31. The molecule has 4 N–H and O–H groups in total. The highest BCUT2D eigenvalue weighted by atomic mass is 16.3. The van der Waals surface area contributed by atoms with Crippen molar-refractivity contribution >= 4 is 17.6 Å². The fraction of sp³-hybridized carbons (Fsp3) is 0.579. The maximum absolute atomic E-state index is 11.9. The Kier molecular flexibility index (Phi) is 5.58. The molecule has 136 valence electrons. The zero-order chi connectivity index (χ0) is 17.7. The predicted molar refractivity (Wildman–Crippen MR) is 99.8 cm³/mol. The van der Waals surface area contributed by atoms with Gasteiger partial charge in [0.25, 0.3) is 0 Å². The molecule has 0 bridgehead atoms. The normalized spacial score (nSPS) is 22.2. The molecule has 1 unspecified atom stereocenters. The van der Waals surface area contributed by atoms with Crippen LogP contribution in [0.4, 0.5) is 5.69 Å². The quantitative estimate of drug-likeness (QED) is 0.486. The Labute approximate surface area is 149 Å². The first-order valence-corrected chi connectivity index (χ1v) is 9.23. The maximum Gasteiger partial charge on any atom is 0.225 e. The molecule has 1 atom stereocenters. The number of benzene rings is 1. The summed E-state index contributed by atoms with van der Waals surface area (Å²) in [4.78, 5) is 16.5. The van der Waals surface area contributed by atoms with Gasteiger partial charge in [-0.3, -0.25) is 9.79 Å². The molecule has 1 aromatic rings. The Bertz CT molecular complexity index is 638. The summed E-state index contributed by atoms with van der Waals surface area (Å²) in [6.45, 7) is 3.83. The van der Waals surface area contributed by atoms with Crippen molar-refractivity contribution in [2.75, 3.05) is 25.0 Å². The van der Waals surface area contributed by atoms with E-state index in [1.165, 1.54) is 0 Å². The van der Waals surface area contributed by atoms with Crippen molar-refractivity contribution in [1.82, 2.24) is 10.6 Å². The molecular formula is C19H28N4O2. The van der Waals surface area contributed by atoms with Gasteiger partial charge in [-0.05, 0) is 31.4 Å². The van der Waals surface area contributed by atoms with Crippen molar-refractivity contribution in [1.29, 1.82) is 0 Å². The van der Waals surface area contributed by atoms with Crippen LogP contribution in [0.15, 0.2) is 29.3 Å². The van der Waals surface area contributed by atoms with Gasteiger partial charge in [0.15, 0.2) is 5.96 Å². The van der Waals surface area contributed by atoms with Gasteiger partial charge in [-0.2, -0.15) is 0 Å². The molecule has 1 fully saturated rings. The van der Waals surface area contributed by atoms with Gasteiger partial charge in [-0.1, -0.05) is 31.0 Å². The first kappa shape index (κ1) is 17.7. The van der Waals surface area contributed by atoms with Gasteiger partial charge in [0.1, 0.15) is 0 Å². The van der Waals surface area contributed by atoms with Crippen LogP contribution in [0.3, 0.4) is 0 Å². The van der Waals surface area contributed by atoms with Gasteiger partial charge in [0, 0.05) is 31.1 Å². The van der Waals surface area contributed by atoms with Crippen LogP contribution >= 0.6 is 0 Å². The highest BCUT2D eigenvalue weighted by Crippen LogP contribution is 2.31. The lowest BCUT2D eigenvalue weighted by Gasteiger charge is -2.26. The number of carbonyl (C=O) groups excluding carboxylic acids is 1. The van der Waals surface area contributed by atoms with E-state index in [0.717, 1.165) is 43.5 Å². The molecule has 1 heterocycles. The van der Waals surface area contributed by atoms with Gasteiger partial charge in [-0.15, -0.1) is 0 Å². The van der Waals surface area contributed by atoms with Gasteiger partial charge >= 0.3 is 0 Å². The minimum Gasteiger partial charge on any atom is -0.388 e. The summed E-state index contributed by atoms with van der Waals surface area (Å²) < 4.78 is 0. The minimum atomic E-state index is -0.653. The maximum atomic E-state index is 11.9. The van der Waals surface area contributed by atoms with Crippen LogP contribution < -0.4 is 16.0 Å². The Morgan fingerprint density at radius 3 is 2.84 bits per heavy atom. The number of rotatable bonds is 5. The van der Waals surface area contributed by atoms with Crippen LogP contribution in [0, 0.1) is 0 Å². The van der Waals surface area contributed by atoms with Crippen molar-refractivity contribution in [3.8, 4) is 0 Å². The second-order valence-corrected chi connectivity index (χ2v) is 7.04. The van der Waals surface area contributed by atoms with Crippen molar-refractivity contribution < 1.29 is 9.90 Å². The number of hydrogen-bond acceptors (Lipinski definition) is 3. The van der Waals surface area contributed by atoms with E-state index < -0.39 is 5.60 Å². The smallest absolute Gasteiger partial charge is 0.225 e. The summed E-state index contributed by atoms with van der Waals surface area (Å²) in [6, 6.07) is 7.93. The lowest BCUT2D eigenvalue weighted by molar-refractivity contribution is -0.116. The molecule has 1 saturated carbocycles. The van der Waals surface area contributed by atoms with Crippen LogP contribution in [0.25, 0.3) is 0 Å². The molecule has 1 aromatic carbocycles. The summed E-state index contributed by atoms with van der Waals surface area (Å²) in [5.74, 6) is 0.863. The predicted octanol–water partition coefficient (Wildman–Crippen LogP) is 1.97. The van der Waals surface area contributed by atoms with E-state index in [1.807, 2.05) is 25.1 Å². The Morgan fingerprint density at radius 2 is 2.08 bits per heavy atom. The fourth-order valence-electron chi connectivity index (χ4n) is 3.66. The second-order valence-electron chi connectivity index (χ2n) is 7.04. The number of fused-ring (bicyclic) bond motifs is 1.